The molecule has 0 aliphatic carbocycles. The molecule has 26 heavy (non-hydrogen) atoms. The van der Waals surface area contributed by atoms with E-state index in [4.69, 9.17) is 9.47 Å². The summed E-state index contributed by atoms with van der Waals surface area (Å²) in [5, 5.41) is 1.53. The Kier molecular flexibility index (Phi) is 5.85. The van der Waals surface area contributed by atoms with Crippen LogP contribution in [-0.2, 0) is 14.8 Å². The molecule has 6 heteroatoms. The van der Waals surface area contributed by atoms with Gasteiger partial charge in [-0.3, -0.25) is 0 Å². The molecule has 0 amide bonds. The van der Waals surface area contributed by atoms with Crippen molar-refractivity contribution in [2.24, 2.45) is 0 Å². The van der Waals surface area contributed by atoms with E-state index in [1.54, 1.807) is 12.1 Å². The number of unbranched alkanes of at least 4 members (excludes halogenated alkanes) is 1. The van der Waals surface area contributed by atoms with Gasteiger partial charge in [0.15, 0.2) is 0 Å². The van der Waals surface area contributed by atoms with Gasteiger partial charge in [0.2, 0.25) is 10.0 Å². The van der Waals surface area contributed by atoms with Gasteiger partial charge in [-0.2, -0.15) is 4.31 Å². The van der Waals surface area contributed by atoms with Gasteiger partial charge in [0.1, 0.15) is 5.75 Å². The van der Waals surface area contributed by atoms with Crippen molar-refractivity contribution in [2.45, 2.75) is 50.7 Å². The maximum Gasteiger partial charge on any atom is 0.243 e. The fraction of sp³-hybridized carbons (Fsp3) is 0.500. The molecule has 0 aromatic heterocycles. The minimum Gasteiger partial charge on any atom is -0.493 e. The summed E-state index contributed by atoms with van der Waals surface area (Å²) in [4.78, 5) is 0.331. The van der Waals surface area contributed by atoms with Crippen LogP contribution in [0.5, 0.6) is 5.75 Å². The van der Waals surface area contributed by atoms with Crippen LogP contribution in [0, 0.1) is 0 Å². The summed E-state index contributed by atoms with van der Waals surface area (Å²) in [7, 11) is -3.60. The lowest BCUT2D eigenvalue weighted by atomic mass is 10.1. The van der Waals surface area contributed by atoms with Crippen molar-refractivity contribution in [3.05, 3.63) is 36.4 Å². The first kappa shape index (κ1) is 19.1. The lowest BCUT2D eigenvalue weighted by molar-refractivity contribution is -0.0440. The van der Waals surface area contributed by atoms with Crippen LogP contribution >= 0.6 is 0 Å². The van der Waals surface area contributed by atoms with Crippen LogP contribution in [0.3, 0.4) is 0 Å². The molecule has 1 heterocycles. The Balaban J connectivity index is 2.01. The van der Waals surface area contributed by atoms with Crippen LogP contribution in [-0.4, -0.2) is 44.6 Å². The summed E-state index contributed by atoms with van der Waals surface area (Å²) < 4.78 is 39.7. The maximum atomic E-state index is 13.3. The van der Waals surface area contributed by atoms with E-state index in [0.29, 0.717) is 30.0 Å². The highest BCUT2D eigenvalue weighted by Crippen LogP contribution is 2.33. The molecule has 2 aromatic carbocycles. The molecule has 0 saturated carbocycles. The van der Waals surface area contributed by atoms with E-state index in [0.717, 1.165) is 24.0 Å². The second kappa shape index (κ2) is 7.94. The van der Waals surface area contributed by atoms with Crippen LogP contribution in [0.25, 0.3) is 10.8 Å². The quantitative estimate of drug-likeness (QED) is 0.718. The van der Waals surface area contributed by atoms with E-state index < -0.39 is 10.0 Å². The molecule has 0 unspecified atom stereocenters. The molecule has 0 bridgehead atoms. The van der Waals surface area contributed by atoms with E-state index in [9.17, 15) is 8.42 Å². The van der Waals surface area contributed by atoms with Crippen LogP contribution in [0.1, 0.15) is 33.6 Å². The first-order valence-electron chi connectivity index (χ1n) is 9.23. The predicted octanol–water partition coefficient (Wildman–Crippen LogP) is 3.82. The third-order valence-corrected chi connectivity index (χ3v) is 6.49. The van der Waals surface area contributed by atoms with E-state index >= 15 is 0 Å². The molecule has 1 aliphatic heterocycles. The molecule has 0 spiro atoms. The average Bonchev–Trinajstić information content (AvgIpc) is 2.61. The van der Waals surface area contributed by atoms with Crippen LogP contribution < -0.4 is 4.74 Å². The highest BCUT2D eigenvalue weighted by molar-refractivity contribution is 7.89. The number of fused-ring (bicyclic) bond motifs is 1. The van der Waals surface area contributed by atoms with Crippen LogP contribution in [0.15, 0.2) is 41.3 Å². The molecular weight excluding hydrogens is 350 g/mol. The van der Waals surface area contributed by atoms with Crippen molar-refractivity contribution >= 4 is 20.8 Å². The summed E-state index contributed by atoms with van der Waals surface area (Å²) in [5.41, 5.74) is 0. The number of nitrogens with zero attached hydrogens (tertiary/aromatic N) is 1. The highest BCUT2D eigenvalue weighted by atomic mass is 32.2. The molecular formula is C20H27NO4S. The number of hydrogen-bond donors (Lipinski definition) is 0. The molecule has 1 aliphatic rings. The number of rotatable bonds is 6. The topological polar surface area (TPSA) is 55.8 Å². The Bertz CT molecular complexity index is 855. The highest BCUT2D eigenvalue weighted by Gasteiger charge is 2.33. The molecule has 0 radical (unpaired) electrons. The monoisotopic (exact) mass is 377 g/mol. The van der Waals surface area contributed by atoms with Crippen molar-refractivity contribution in [2.75, 3.05) is 19.7 Å². The van der Waals surface area contributed by atoms with E-state index in [2.05, 4.69) is 6.92 Å². The lowest BCUT2D eigenvalue weighted by Crippen LogP contribution is -2.48. The van der Waals surface area contributed by atoms with Crippen LogP contribution in [0.4, 0.5) is 0 Å². The number of benzene rings is 2. The smallest absolute Gasteiger partial charge is 0.243 e. The first-order valence-corrected chi connectivity index (χ1v) is 10.7. The van der Waals surface area contributed by atoms with Crippen molar-refractivity contribution in [1.29, 1.82) is 0 Å². The standard InChI is InChI=1S/C20H27NO4S/c1-4-5-12-24-19-10-11-20(18-9-7-6-8-17(18)19)26(22,23)21-13-15(2)25-16(3)14-21/h6-11,15-16H,4-5,12-14H2,1-3H3/t15-,16-/m0/s1. The van der Waals surface area contributed by atoms with E-state index in [1.807, 2.05) is 38.1 Å². The predicted molar refractivity (Wildman–Crippen MR) is 103 cm³/mol. The van der Waals surface area contributed by atoms with Crippen LogP contribution in [0.2, 0.25) is 0 Å². The maximum absolute atomic E-state index is 13.3. The van der Waals surface area contributed by atoms with Gasteiger partial charge in [-0.1, -0.05) is 37.6 Å². The van der Waals surface area contributed by atoms with Gasteiger partial charge in [0, 0.05) is 23.9 Å². The van der Waals surface area contributed by atoms with Gasteiger partial charge in [-0.25, -0.2) is 8.42 Å². The van der Waals surface area contributed by atoms with Crippen molar-refractivity contribution in [3.63, 3.8) is 0 Å². The third kappa shape index (κ3) is 3.87. The molecule has 0 N–H and O–H groups in total. The number of morpholine rings is 1. The lowest BCUT2D eigenvalue weighted by Gasteiger charge is -2.34. The minimum absolute atomic E-state index is 0.114. The zero-order chi connectivity index (χ0) is 18.7. The second-order valence-corrected chi connectivity index (χ2v) is 8.80. The van der Waals surface area contributed by atoms with Gasteiger partial charge in [0.05, 0.1) is 23.7 Å². The Morgan fingerprint density at radius 1 is 1.08 bits per heavy atom. The van der Waals surface area contributed by atoms with E-state index in [-0.39, 0.29) is 12.2 Å². The largest absolute Gasteiger partial charge is 0.493 e. The fourth-order valence-electron chi connectivity index (χ4n) is 3.39. The number of sulfonamides is 1. The number of ether oxygens (including phenoxy) is 2. The summed E-state index contributed by atoms with van der Waals surface area (Å²) in [6, 6.07) is 11.0. The third-order valence-electron chi connectivity index (χ3n) is 4.60. The fourth-order valence-corrected chi connectivity index (χ4v) is 5.17. The SMILES string of the molecule is CCCCOc1ccc(S(=O)(=O)N2C[C@H](C)O[C@@H](C)C2)c2ccccc12. The molecule has 1 fully saturated rings. The minimum atomic E-state index is -3.60. The zero-order valence-corrected chi connectivity index (χ0v) is 16.5. The van der Waals surface area contributed by atoms with Gasteiger partial charge in [-0.05, 0) is 32.4 Å². The van der Waals surface area contributed by atoms with Crippen molar-refractivity contribution < 1.29 is 17.9 Å². The molecule has 3 rings (SSSR count). The van der Waals surface area contributed by atoms with Gasteiger partial charge in [-0.15, -0.1) is 0 Å². The summed E-state index contributed by atoms with van der Waals surface area (Å²) in [5.74, 6) is 0.733. The Labute approximate surface area is 156 Å². The van der Waals surface area contributed by atoms with E-state index in [1.165, 1.54) is 4.31 Å². The summed E-state index contributed by atoms with van der Waals surface area (Å²) in [6.07, 6.45) is 1.79. The normalized spacial score (nSPS) is 21.8. The Morgan fingerprint density at radius 3 is 2.38 bits per heavy atom. The van der Waals surface area contributed by atoms with Crippen molar-refractivity contribution in [3.8, 4) is 5.75 Å². The zero-order valence-electron chi connectivity index (χ0n) is 15.6. The molecule has 142 valence electrons. The molecule has 5 nitrogen and oxygen atoms in total. The first-order chi connectivity index (χ1) is 12.4. The van der Waals surface area contributed by atoms with Gasteiger partial charge < -0.3 is 9.47 Å². The molecule has 2 aromatic rings. The summed E-state index contributed by atoms with van der Waals surface area (Å²) in [6.45, 7) is 7.29. The molecule has 2 atom stereocenters. The molecule has 1 saturated heterocycles. The number of hydrogen-bond acceptors (Lipinski definition) is 4. The van der Waals surface area contributed by atoms with Gasteiger partial charge >= 0.3 is 0 Å². The Morgan fingerprint density at radius 2 is 1.73 bits per heavy atom. The Hall–Kier alpha value is -1.63. The average molecular weight is 378 g/mol. The summed E-state index contributed by atoms with van der Waals surface area (Å²) >= 11 is 0. The van der Waals surface area contributed by atoms with Crippen molar-refractivity contribution in [1.82, 2.24) is 4.31 Å². The van der Waals surface area contributed by atoms with Gasteiger partial charge in [0.25, 0.3) is 0 Å². The second-order valence-electron chi connectivity index (χ2n) is 6.89.